The molecule has 1 aliphatic rings. The van der Waals surface area contributed by atoms with E-state index < -0.39 is 34.0 Å². The average molecular weight is 373 g/mol. The Kier molecular flexibility index (Phi) is 5.83. The molecule has 1 saturated heterocycles. The molecule has 0 unspecified atom stereocenters. The van der Waals surface area contributed by atoms with Crippen LogP contribution in [0.3, 0.4) is 0 Å². The number of nitrogens with zero attached hydrogens (tertiary/aromatic N) is 2. The van der Waals surface area contributed by atoms with Crippen molar-refractivity contribution in [1.29, 1.82) is 0 Å². The monoisotopic (exact) mass is 373 g/mol. The van der Waals surface area contributed by atoms with Crippen molar-refractivity contribution in [2.45, 2.75) is 23.3 Å². The third-order valence-electron chi connectivity index (χ3n) is 3.84. The number of rotatable bonds is 6. The number of aromatic nitrogens is 1. The lowest BCUT2D eigenvalue weighted by molar-refractivity contribution is -0.148. The van der Waals surface area contributed by atoms with Crippen LogP contribution in [0.4, 0.5) is 0 Å². The molecule has 2 heterocycles. The summed E-state index contributed by atoms with van der Waals surface area (Å²) in [4.78, 5) is 27.5. The molecular formula is C14H19N3O5S2. The molecule has 1 aromatic heterocycles. The van der Waals surface area contributed by atoms with E-state index in [0.29, 0.717) is 24.3 Å². The number of sulfonamides is 1. The first-order valence-corrected chi connectivity index (χ1v) is 9.86. The van der Waals surface area contributed by atoms with Gasteiger partial charge in [0.2, 0.25) is 15.9 Å². The summed E-state index contributed by atoms with van der Waals surface area (Å²) in [6.07, 6.45) is 3.28. The normalized spacial score (nSPS) is 17.4. The summed E-state index contributed by atoms with van der Waals surface area (Å²) in [5.74, 6) is -0.458. The zero-order chi connectivity index (χ0) is 17.8. The Bertz CT molecular complexity index is 702. The van der Waals surface area contributed by atoms with Gasteiger partial charge in [0.1, 0.15) is 10.4 Å². The molecule has 2 N–H and O–H groups in total. The minimum atomic E-state index is -3.86. The van der Waals surface area contributed by atoms with Crippen LogP contribution in [0.5, 0.6) is 0 Å². The van der Waals surface area contributed by atoms with Crippen molar-refractivity contribution in [2.24, 2.45) is 0 Å². The summed E-state index contributed by atoms with van der Waals surface area (Å²) >= 11 is 1.63. The highest BCUT2D eigenvalue weighted by Gasteiger charge is 2.41. The first-order chi connectivity index (χ1) is 11.3. The van der Waals surface area contributed by atoms with Gasteiger partial charge in [-0.05, 0) is 36.5 Å². The SMILES string of the molecule is CN(CC(=O)NC1(C(=O)O)CCSCC1)S(=O)(=O)c1cccnc1. The molecule has 1 aliphatic heterocycles. The Morgan fingerprint density at radius 2 is 2.08 bits per heavy atom. The molecule has 0 saturated carbocycles. The van der Waals surface area contributed by atoms with Gasteiger partial charge in [0.15, 0.2) is 0 Å². The third kappa shape index (κ3) is 4.05. The molecule has 2 rings (SSSR count). The van der Waals surface area contributed by atoms with Crippen LogP contribution in [0, 0.1) is 0 Å². The van der Waals surface area contributed by atoms with Gasteiger partial charge in [-0.3, -0.25) is 9.78 Å². The molecule has 0 spiro atoms. The number of hydrogen-bond acceptors (Lipinski definition) is 6. The number of amides is 1. The van der Waals surface area contributed by atoms with E-state index in [1.54, 1.807) is 11.8 Å². The minimum absolute atomic E-state index is 0.0256. The van der Waals surface area contributed by atoms with Crippen LogP contribution in [-0.4, -0.2) is 65.3 Å². The highest BCUT2D eigenvalue weighted by atomic mass is 32.2. The van der Waals surface area contributed by atoms with Crippen LogP contribution in [0.2, 0.25) is 0 Å². The van der Waals surface area contributed by atoms with E-state index >= 15 is 0 Å². The highest BCUT2D eigenvalue weighted by molar-refractivity contribution is 7.99. The molecule has 24 heavy (non-hydrogen) atoms. The number of carboxylic acid groups (broad SMARTS) is 1. The molecule has 1 aromatic rings. The Morgan fingerprint density at radius 3 is 2.62 bits per heavy atom. The fraction of sp³-hybridized carbons (Fsp3) is 0.500. The van der Waals surface area contributed by atoms with E-state index in [-0.39, 0.29) is 4.90 Å². The van der Waals surface area contributed by atoms with E-state index in [1.165, 1.54) is 31.6 Å². The van der Waals surface area contributed by atoms with E-state index in [1.807, 2.05) is 0 Å². The second-order valence-corrected chi connectivity index (χ2v) is 8.77. The number of thioether (sulfide) groups is 1. The Hall–Kier alpha value is -1.65. The van der Waals surface area contributed by atoms with Crippen LogP contribution < -0.4 is 5.32 Å². The van der Waals surface area contributed by atoms with Gasteiger partial charge in [0, 0.05) is 19.4 Å². The Labute approximate surface area is 144 Å². The van der Waals surface area contributed by atoms with E-state index in [2.05, 4.69) is 10.3 Å². The average Bonchev–Trinajstić information content (AvgIpc) is 2.56. The molecule has 132 valence electrons. The standard InChI is InChI=1S/C14H19N3O5S2/c1-17(24(21,22)11-3-2-6-15-9-11)10-12(18)16-14(13(19)20)4-7-23-8-5-14/h2-3,6,9H,4-5,7-8,10H2,1H3,(H,16,18)(H,19,20). The van der Waals surface area contributed by atoms with Gasteiger partial charge in [0.05, 0.1) is 6.54 Å². The lowest BCUT2D eigenvalue weighted by atomic mass is 9.92. The predicted octanol–water partition coefficient (Wildman–Crippen LogP) is 0.169. The topological polar surface area (TPSA) is 117 Å². The van der Waals surface area contributed by atoms with Crippen LogP contribution in [0.1, 0.15) is 12.8 Å². The van der Waals surface area contributed by atoms with Crippen molar-refractivity contribution in [3.8, 4) is 0 Å². The second kappa shape index (κ2) is 7.49. The molecular weight excluding hydrogens is 354 g/mol. The maximum atomic E-state index is 12.4. The predicted molar refractivity (Wildman–Crippen MR) is 89.1 cm³/mol. The fourth-order valence-corrected chi connectivity index (χ4v) is 4.67. The molecule has 10 heteroatoms. The number of nitrogens with one attached hydrogen (secondary N) is 1. The largest absolute Gasteiger partial charge is 0.480 e. The quantitative estimate of drug-likeness (QED) is 0.730. The lowest BCUT2D eigenvalue weighted by Gasteiger charge is -2.34. The van der Waals surface area contributed by atoms with Crippen molar-refractivity contribution in [3.05, 3.63) is 24.5 Å². The molecule has 1 fully saturated rings. The smallest absolute Gasteiger partial charge is 0.329 e. The molecule has 0 aliphatic carbocycles. The van der Waals surface area contributed by atoms with Gasteiger partial charge in [-0.1, -0.05) is 0 Å². The molecule has 8 nitrogen and oxygen atoms in total. The number of carbonyl (C=O) groups excluding carboxylic acids is 1. The maximum Gasteiger partial charge on any atom is 0.329 e. The highest BCUT2D eigenvalue weighted by Crippen LogP contribution is 2.27. The number of pyridine rings is 1. The van der Waals surface area contributed by atoms with Crippen LogP contribution in [-0.2, 0) is 19.6 Å². The minimum Gasteiger partial charge on any atom is -0.480 e. The summed E-state index contributed by atoms with van der Waals surface area (Å²) in [7, 11) is -2.59. The molecule has 0 bridgehead atoms. The summed E-state index contributed by atoms with van der Waals surface area (Å²) in [5, 5.41) is 12.0. The first kappa shape index (κ1) is 18.7. The van der Waals surface area contributed by atoms with Crippen LogP contribution in [0.15, 0.2) is 29.4 Å². The van der Waals surface area contributed by atoms with Gasteiger partial charge in [-0.2, -0.15) is 16.1 Å². The zero-order valence-corrected chi connectivity index (χ0v) is 14.8. The number of carboxylic acids is 1. The van der Waals surface area contributed by atoms with E-state index in [4.69, 9.17) is 0 Å². The number of carbonyl (C=O) groups is 2. The van der Waals surface area contributed by atoms with E-state index in [0.717, 1.165) is 4.31 Å². The molecule has 0 atom stereocenters. The molecule has 0 radical (unpaired) electrons. The van der Waals surface area contributed by atoms with E-state index in [9.17, 15) is 23.1 Å². The molecule has 1 amide bonds. The van der Waals surface area contributed by atoms with Crippen molar-refractivity contribution in [2.75, 3.05) is 25.1 Å². The van der Waals surface area contributed by atoms with Gasteiger partial charge in [-0.15, -0.1) is 0 Å². The molecule has 0 aromatic carbocycles. The number of aliphatic carboxylic acids is 1. The number of likely N-dealkylation sites (N-methyl/N-ethyl adjacent to an activating group) is 1. The van der Waals surface area contributed by atoms with Gasteiger partial charge >= 0.3 is 5.97 Å². The van der Waals surface area contributed by atoms with Crippen molar-refractivity contribution < 1.29 is 23.1 Å². The van der Waals surface area contributed by atoms with Gasteiger partial charge in [0.25, 0.3) is 0 Å². The first-order valence-electron chi connectivity index (χ1n) is 7.26. The summed E-state index contributed by atoms with van der Waals surface area (Å²) in [6, 6.07) is 2.87. The Balaban J connectivity index is 2.07. The summed E-state index contributed by atoms with van der Waals surface area (Å²) in [5.41, 5.74) is -1.32. The summed E-state index contributed by atoms with van der Waals surface area (Å²) < 4.78 is 25.6. The third-order valence-corrected chi connectivity index (χ3v) is 6.62. The maximum absolute atomic E-state index is 12.4. The van der Waals surface area contributed by atoms with Gasteiger partial charge < -0.3 is 10.4 Å². The van der Waals surface area contributed by atoms with Crippen LogP contribution >= 0.6 is 11.8 Å². The van der Waals surface area contributed by atoms with Crippen molar-refractivity contribution in [3.63, 3.8) is 0 Å². The number of hydrogen-bond donors (Lipinski definition) is 2. The van der Waals surface area contributed by atoms with Crippen molar-refractivity contribution >= 4 is 33.7 Å². The van der Waals surface area contributed by atoms with Crippen LogP contribution in [0.25, 0.3) is 0 Å². The van der Waals surface area contributed by atoms with Crippen molar-refractivity contribution in [1.82, 2.24) is 14.6 Å². The Morgan fingerprint density at radius 1 is 1.42 bits per heavy atom. The van der Waals surface area contributed by atoms with Gasteiger partial charge in [-0.25, -0.2) is 13.2 Å². The zero-order valence-electron chi connectivity index (χ0n) is 13.1. The second-order valence-electron chi connectivity index (χ2n) is 5.50. The lowest BCUT2D eigenvalue weighted by Crippen LogP contribution is -2.58. The fourth-order valence-electron chi connectivity index (χ4n) is 2.39. The summed E-state index contributed by atoms with van der Waals surface area (Å²) in [6.45, 7) is -0.459.